The van der Waals surface area contributed by atoms with Crippen molar-refractivity contribution in [3.05, 3.63) is 23.7 Å². The third-order valence-corrected chi connectivity index (χ3v) is 2.39. The molecule has 2 heterocycles. The Hall–Kier alpha value is -1.90. The Bertz CT molecular complexity index is 571. The molecule has 1 N–H and O–H groups in total. The van der Waals surface area contributed by atoms with E-state index in [0.29, 0.717) is 0 Å². The van der Waals surface area contributed by atoms with Gasteiger partial charge in [0.05, 0.1) is 6.42 Å². The normalized spacial score (nSPS) is 13.2. The van der Waals surface area contributed by atoms with Crippen molar-refractivity contribution in [2.45, 2.75) is 25.6 Å². The van der Waals surface area contributed by atoms with E-state index in [9.17, 15) is 13.2 Å². The van der Waals surface area contributed by atoms with Gasteiger partial charge < -0.3 is 5.32 Å². The van der Waals surface area contributed by atoms with Crippen molar-refractivity contribution in [3.8, 4) is 5.95 Å². The average Bonchev–Trinajstić information content (AvgIpc) is 2.78. The molecule has 0 bridgehead atoms. The van der Waals surface area contributed by atoms with Crippen LogP contribution in [0.2, 0.25) is 5.28 Å². The number of nitrogens with zero attached hydrogens (tertiary/aromatic N) is 5. The largest absolute Gasteiger partial charge is 0.391 e. The van der Waals surface area contributed by atoms with Gasteiger partial charge in [0.15, 0.2) is 0 Å². The molecule has 2 aromatic rings. The van der Waals surface area contributed by atoms with Gasteiger partial charge in [-0.2, -0.15) is 33.2 Å². The molecule has 6 nitrogen and oxygen atoms in total. The fourth-order valence-electron chi connectivity index (χ4n) is 1.51. The molecule has 1 atom stereocenters. The molecule has 0 amide bonds. The lowest BCUT2D eigenvalue weighted by atomic mass is 10.2. The highest BCUT2D eigenvalue weighted by molar-refractivity contribution is 6.28. The number of rotatable bonds is 4. The smallest absolute Gasteiger partial charge is 0.351 e. The monoisotopic (exact) mass is 306 g/mol. The molecule has 0 saturated heterocycles. The average molecular weight is 307 g/mol. The van der Waals surface area contributed by atoms with Gasteiger partial charge in [-0.3, -0.25) is 0 Å². The third-order valence-electron chi connectivity index (χ3n) is 2.22. The SMILES string of the molecule is CC(CC(F)(F)F)Nc1nc(Cl)nc(-n2cccn2)n1. The van der Waals surface area contributed by atoms with Gasteiger partial charge in [-0.1, -0.05) is 0 Å². The molecular weight excluding hydrogens is 297 g/mol. The van der Waals surface area contributed by atoms with E-state index in [1.165, 1.54) is 17.8 Å². The zero-order valence-electron chi connectivity index (χ0n) is 10.3. The van der Waals surface area contributed by atoms with E-state index in [1.807, 2.05) is 0 Å². The van der Waals surface area contributed by atoms with Gasteiger partial charge in [0.25, 0.3) is 5.95 Å². The molecule has 0 fully saturated rings. The molecule has 0 spiro atoms. The Labute approximate surface area is 117 Å². The number of anilines is 1. The first-order valence-corrected chi connectivity index (χ1v) is 5.96. The summed E-state index contributed by atoms with van der Waals surface area (Å²) in [6.45, 7) is 1.37. The van der Waals surface area contributed by atoms with Crippen LogP contribution in [-0.4, -0.2) is 37.0 Å². The Kier molecular flexibility index (Phi) is 4.07. The van der Waals surface area contributed by atoms with Crippen molar-refractivity contribution in [2.75, 3.05) is 5.32 Å². The molecule has 0 aliphatic heterocycles. The van der Waals surface area contributed by atoms with Gasteiger partial charge in [0, 0.05) is 18.4 Å². The first-order valence-electron chi connectivity index (χ1n) is 5.58. The van der Waals surface area contributed by atoms with E-state index in [2.05, 4.69) is 25.4 Å². The van der Waals surface area contributed by atoms with Crippen molar-refractivity contribution in [2.24, 2.45) is 0 Å². The van der Waals surface area contributed by atoms with Crippen LogP contribution in [0.4, 0.5) is 19.1 Å². The number of halogens is 4. The summed E-state index contributed by atoms with van der Waals surface area (Å²) in [6, 6.07) is 0.760. The highest BCUT2D eigenvalue weighted by Crippen LogP contribution is 2.22. The lowest BCUT2D eigenvalue weighted by molar-refractivity contribution is -0.136. The minimum Gasteiger partial charge on any atom is -0.351 e. The maximum absolute atomic E-state index is 12.3. The molecule has 0 aliphatic rings. The van der Waals surface area contributed by atoms with Crippen molar-refractivity contribution in [1.82, 2.24) is 24.7 Å². The molecule has 0 aromatic carbocycles. The zero-order valence-corrected chi connectivity index (χ0v) is 11.0. The van der Waals surface area contributed by atoms with Gasteiger partial charge in [-0.25, -0.2) is 4.68 Å². The van der Waals surface area contributed by atoms with Crippen LogP contribution in [0.25, 0.3) is 5.95 Å². The van der Waals surface area contributed by atoms with E-state index < -0.39 is 18.6 Å². The van der Waals surface area contributed by atoms with Crippen LogP contribution in [-0.2, 0) is 0 Å². The summed E-state index contributed by atoms with van der Waals surface area (Å²) >= 11 is 5.72. The summed E-state index contributed by atoms with van der Waals surface area (Å²) in [5.74, 6) is 0.0870. The number of nitrogens with one attached hydrogen (secondary N) is 1. The second-order valence-electron chi connectivity index (χ2n) is 4.04. The number of alkyl halides is 3. The lowest BCUT2D eigenvalue weighted by Crippen LogP contribution is -2.25. The highest BCUT2D eigenvalue weighted by Gasteiger charge is 2.30. The zero-order chi connectivity index (χ0) is 14.8. The topological polar surface area (TPSA) is 68.5 Å². The lowest BCUT2D eigenvalue weighted by Gasteiger charge is -2.15. The molecule has 10 heteroatoms. The molecule has 0 aliphatic carbocycles. The number of hydrogen-bond acceptors (Lipinski definition) is 5. The second-order valence-corrected chi connectivity index (χ2v) is 4.38. The second kappa shape index (κ2) is 5.61. The molecule has 1 unspecified atom stereocenters. The quantitative estimate of drug-likeness (QED) is 0.939. The fraction of sp³-hybridized carbons (Fsp3) is 0.400. The summed E-state index contributed by atoms with van der Waals surface area (Å²) in [7, 11) is 0. The van der Waals surface area contributed by atoms with Crippen LogP contribution in [0.5, 0.6) is 0 Å². The minimum atomic E-state index is -4.27. The van der Waals surface area contributed by atoms with Crippen molar-refractivity contribution < 1.29 is 13.2 Å². The van der Waals surface area contributed by atoms with E-state index in [4.69, 9.17) is 11.6 Å². The predicted octanol–water partition coefficient (Wildman–Crippen LogP) is 2.46. The number of hydrogen-bond donors (Lipinski definition) is 1. The first-order chi connectivity index (χ1) is 9.33. The molecular formula is C10H10ClF3N6. The Morgan fingerprint density at radius 2 is 2.10 bits per heavy atom. The summed E-state index contributed by atoms with van der Waals surface area (Å²) < 4.78 is 38.1. The molecule has 2 rings (SSSR count). The van der Waals surface area contributed by atoms with Crippen LogP contribution < -0.4 is 5.32 Å². The van der Waals surface area contributed by atoms with Crippen molar-refractivity contribution in [1.29, 1.82) is 0 Å². The first kappa shape index (κ1) is 14.5. The molecule has 20 heavy (non-hydrogen) atoms. The molecule has 0 radical (unpaired) electrons. The van der Waals surface area contributed by atoms with Crippen molar-refractivity contribution >= 4 is 17.5 Å². The van der Waals surface area contributed by atoms with Crippen LogP contribution in [0.3, 0.4) is 0 Å². The summed E-state index contributed by atoms with van der Waals surface area (Å²) in [4.78, 5) is 11.5. The Morgan fingerprint density at radius 3 is 2.70 bits per heavy atom. The molecule has 0 saturated carbocycles. The molecule has 2 aromatic heterocycles. The standard InChI is InChI=1S/C10H10ClF3N6/c1-6(5-10(12,13)14)16-8-17-7(11)18-9(19-8)20-4-2-3-15-20/h2-4,6H,5H2,1H3,(H,16,17,18,19). The van der Waals surface area contributed by atoms with E-state index in [1.54, 1.807) is 12.3 Å². The fourth-order valence-corrected chi connectivity index (χ4v) is 1.67. The van der Waals surface area contributed by atoms with Crippen LogP contribution in [0, 0.1) is 0 Å². The van der Waals surface area contributed by atoms with Crippen LogP contribution in [0.1, 0.15) is 13.3 Å². The molecule has 108 valence electrons. The third kappa shape index (κ3) is 4.05. The summed E-state index contributed by atoms with van der Waals surface area (Å²) in [5.41, 5.74) is 0. The van der Waals surface area contributed by atoms with E-state index >= 15 is 0 Å². The summed E-state index contributed by atoms with van der Waals surface area (Å²) in [5, 5.41) is 6.31. The van der Waals surface area contributed by atoms with Gasteiger partial charge in [-0.05, 0) is 24.6 Å². The maximum atomic E-state index is 12.3. The number of aromatic nitrogens is 5. The van der Waals surface area contributed by atoms with Crippen LogP contribution in [0.15, 0.2) is 18.5 Å². The minimum absolute atomic E-state index is 0.0350. The predicted molar refractivity (Wildman–Crippen MR) is 65.7 cm³/mol. The summed E-state index contributed by atoms with van der Waals surface area (Å²) in [6.07, 6.45) is -2.19. The van der Waals surface area contributed by atoms with E-state index in [0.717, 1.165) is 0 Å². The van der Waals surface area contributed by atoms with E-state index in [-0.39, 0.29) is 17.2 Å². The van der Waals surface area contributed by atoms with Crippen LogP contribution >= 0.6 is 11.6 Å². The van der Waals surface area contributed by atoms with Gasteiger partial charge >= 0.3 is 6.18 Å². The maximum Gasteiger partial charge on any atom is 0.391 e. The van der Waals surface area contributed by atoms with Gasteiger partial charge in [-0.15, -0.1) is 0 Å². The van der Waals surface area contributed by atoms with Crippen molar-refractivity contribution in [3.63, 3.8) is 0 Å². The van der Waals surface area contributed by atoms with Gasteiger partial charge in [0.2, 0.25) is 11.2 Å². The highest BCUT2D eigenvalue weighted by atomic mass is 35.5. The van der Waals surface area contributed by atoms with Gasteiger partial charge in [0.1, 0.15) is 0 Å². The Morgan fingerprint density at radius 1 is 1.35 bits per heavy atom. The Balaban J connectivity index is 2.16.